The maximum atomic E-state index is 4.43. The molecule has 0 spiro atoms. The highest BCUT2D eigenvalue weighted by atomic mass is 15.3. The molecule has 0 aliphatic carbocycles. The van der Waals surface area contributed by atoms with Crippen LogP contribution in [0.15, 0.2) is 42.5 Å². The summed E-state index contributed by atoms with van der Waals surface area (Å²) in [5, 5.41) is 11.5. The smallest absolute Gasteiger partial charge is 0.121 e. The van der Waals surface area contributed by atoms with Crippen LogP contribution in [0, 0.1) is 5.41 Å². The van der Waals surface area contributed by atoms with Crippen molar-refractivity contribution in [1.29, 1.82) is 0 Å². The summed E-state index contributed by atoms with van der Waals surface area (Å²) in [6.45, 7) is 11.5. The number of hydrogen-bond acceptors (Lipinski definition) is 2. The van der Waals surface area contributed by atoms with Gasteiger partial charge in [-0.1, -0.05) is 71.0 Å². The van der Waals surface area contributed by atoms with Gasteiger partial charge in [-0.25, -0.2) is 0 Å². The van der Waals surface area contributed by atoms with Crippen LogP contribution < -0.4 is 0 Å². The molecular weight excluding hydrogens is 282 g/mol. The summed E-state index contributed by atoms with van der Waals surface area (Å²) in [5.74, 6) is 0. The molecule has 23 heavy (non-hydrogen) atoms. The number of aromatic amines is 1. The number of rotatable bonds is 3. The maximum absolute atomic E-state index is 4.43. The summed E-state index contributed by atoms with van der Waals surface area (Å²) >= 11 is 0. The molecular formula is C20H25N3. The standard InChI is InChI=1S/C20H25N3/c1-19(2,3)13-20(4,5)15-11-12-16-18(22-23-21-16)17(15)14-9-7-6-8-10-14/h6-12H,13H2,1-5H3,(H,21,22,23). The number of fused-ring (bicyclic) bond motifs is 1. The molecule has 1 heterocycles. The molecule has 2 aromatic carbocycles. The summed E-state index contributed by atoms with van der Waals surface area (Å²) in [4.78, 5) is 0. The highest BCUT2D eigenvalue weighted by molar-refractivity contribution is 5.93. The third-order valence-corrected chi connectivity index (χ3v) is 4.25. The van der Waals surface area contributed by atoms with Gasteiger partial charge in [0.1, 0.15) is 11.0 Å². The molecule has 3 rings (SSSR count). The van der Waals surface area contributed by atoms with Gasteiger partial charge in [-0.15, -0.1) is 0 Å². The largest absolute Gasteiger partial charge is 0.197 e. The predicted octanol–water partition coefficient (Wildman–Crippen LogP) is 5.34. The normalized spacial score (nSPS) is 12.7. The highest BCUT2D eigenvalue weighted by Crippen LogP contribution is 2.42. The van der Waals surface area contributed by atoms with Crippen molar-refractivity contribution in [3.05, 3.63) is 48.0 Å². The van der Waals surface area contributed by atoms with Crippen molar-refractivity contribution in [1.82, 2.24) is 15.4 Å². The van der Waals surface area contributed by atoms with Crippen LogP contribution in [0.5, 0.6) is 0 Å². The monoisotopic (exact) mass is 307 g/mol. The van der Waals surface area contributed by atoms with Crippen LogP contribution in [-0.2, 0) is 5.41 Å². The van der Waals surface area contributed by atoms with E-state index >= 15 is 0 Å². The number of H-pyrrole nitrogens is 1. The number of hydrogen-bond donors (Lipinski definition) is 1. The van der Waals surface area contributed by atoms with E-state index in [9.17, 15) is 0 Å². The van der Waals surface area contributed by atoms with Crippen LogP contribution in [0.1, 0.15) is 46.6 Å². The summed E-state index contributed by atoms with van der Waals surface area (Å²) in [7, 11) is 0. The van der Waals surface area contributed by atoms with Crippen molar-refractivity contribution < 1.29 is 0 Å². The van der Waals surface area contributed by atoms with Gasteiger partial charge >= 0.3 is 0 Å². The second-order valence-corrected chi connectivity index (χ2v) is 8.17. The third kappa shape index (κ3) is 3.14. The Bertz CT molecular complexity index is 808. The first-order valence-electron chi connectivity index (χ1n) is 8.17. The zero-order valence-electron chi connectivity index (χ0n) is 14.6. The van der Waals surface area contributed by atoms with E-state index in [4.69, 9.17) is 0 Å². The fraction of sp³-hybridized carbons (Fsp3) is 0.400. The Labute approximate surface area is 138 Å². The number of nitrogens with zero attached hydrogens (tertiary/aromatic N) is 2. The van der Waals surface area contributed by atoms with Gasteiger partial charge in [0.15, 0.2) is 0 Å². The SMILES string of the molecule is CC(C)(C)CC(C)(C)c1ccc2n[nH]nc2c1-c1ccccc1. The molecule has 0 aliphatic heterocycles. The van der Waals surface area contributed by atoms with E-state index in [0.717, 1.165) is 17.5 Å². The minimum absolute atomic E-state index is 0.0521. The lowest BCUT2D eigenvalue weighted by Crippen LogP contribution is -2.25. The van der Waals surface area contributed by atoms with Gasteiger partial charge < -0.3 is 0 Å². The molecule has 0 amide bonds. The minimum atomic E-state index is 0.0521. The Hall–Kier alpha value is -2.16. The molecule has 0 radical (unpaired) electrons. The molecule has 0 aliphatic rings. The van der Waals surface area contributed by atoms with Gasteiger partial charge in [-0.2, -0.15) is 15.4 Å². The van der Waals surface area contributed by atoms with Crippen molar-refractivity contribution in [2.45, 2.75) is 46.5 Å². The summed E-state index contributed by atoms with van der Waals surface area (Å²) in [5.41, 5.74) is 5.91. The first kappa shape index (κ1) is 15.7. The van der Waals surface area contributed by atoms with Gasteiger partial charge in [0.2, 0.25) is 0 Å². The van der Waals surface area contributed by atoms with Gasteiger partial charge in [0.05, 0.1) is 0 Å². The lowest BCUT2D eigenvalue weighted by Gasteiger charge is -2.34. The Morgan fingerprint density at radius 1 is 0.870 bits per heavy atom. The Kier molecular flexibility index (Phi) is 3.75. The van der Waals surface area contributed by atoms with Gasteiger partial charge in [0, 0.05) is 5.56 Å². The molecule has 1 aromatic heterocycles. The molecule has 3 heteroatoms. The van der Waals surface area contributed by atoms with E-state index in [0.29, 0.717) is 0 Å². The molecule has 0 fully saturated rings. The lowest BCUT2D eigenvalue weighted by molar-refractivity contribution is 0.284. The average molecular weight is 307 g/mol. The Balaban J connectivity index is 2.25. The predicted molar refractivity (Wildman–Crippen MR) is 96.4 cm³/mol. The topological polar surface area (TPSA) is 41.6 Å². The molecule has 0 saturated carbocycles. The Morgan fingerprint density at radius 2 is 1.57 bits per heavy atom. The maximum Gasteiger partial charge on any atom is 0.121 e. The quantitative estimate of drug-likeness (QED) is 0.709. The van der Waals surface area contributed by atoms with E-state index in [1.807, 2.05) is 6.07 Å². The van der Waals surface area contributed by atoms with Crippen molar-refractivity contribution >= 4 is 11.0 Å². The lowest BCUT2D eigenvalue weighted by atomic mass is 9.70. The second-order valence-electron chi connectivity index (χ2n) is 8.17. The molecule has 0 atom stereocenters. The average Bonchev–Trinajstić information content (AvgIpc) is 2.93. The number of aromatic nitrogens is 3. The summed E-state index contributed by atoms with van der Waals surface area (Å²) < 4.78 is 0. The second kappa shape index (κ2) is 5.48. The molecule has 3 nitrogen and oxygen atoms in total. The van der Waals surface area contributed by atoms with Crippen molar-refractivity contribution in [3.8, 4) is 11.1 Å². The van der Waals surface area contributed by atoms with Crippen molar-refractivity contribution in [3.63, 3.8) is 0 Å². The molecule has 0 unspecified atom stereocenters. The van der Waals surface area contributed by atoms with Gasteiger partial charge in [-0.05, 0) is 34.4 Å². The molecule has 0 bridgehead atoms. The van der Waals surface area contributed by atoms with Crippen LogP contribution in [-0.4, -0.2) is 15.4 Å². The van der Waals surface area contributed by atoms with Crippen LogP contribution in [0.4, 0.5) is 0 Å². The van der Waals surface area contributed by atoms with Crippen molar-refractivity contribution in [2.75, 3.05) is 0 Å². The number of benzene rings is 2. The van der Waals surface area contributed by atoms with Gasteiger partial charge in [-0.3, -0.25) is 0 Å². The van der Waals surface area contributed by atoms with Crippen LogP contribution >= 0.6 is 0 Å². The fourth-order valence-corrected chi connectivity index (χ4v) is 3.79. The zero-order valence-corrected chi connectivity index (χ0v) is 14.6. The summed E-state index contributed by atoms with van der Waals surface area (Å²) in [6.07, 6.45) is 1.10. The molecule has 1 N–H and O–H groups in total. The van der Waals surface area contributed by atoms with Gasteiger partial charge in [0.25, 0.3) is 0 Å². The Morgan fingerprint density at radius 3 is 2.22 bits per heavy atom. The van der Waals surface area contributed by atoms with Crippen LogP contribution in [0.25, 0.3) is 22.2 Å². The van der Waals surface area contributed by atoms with E-state index in [2.05, 4.69) is 86.4 Å². The van der Waals surface area contributed by atoms with Crippen LogP contribution in [0.2, 0.25) is 0 Å². The summed E-state index contributed by atoms with van der Waals surface area (Å²) in [6, 6.07) is 14.8. The first-order valence-corrected chi connectivity index (χ1v) is 8.17. The molecule has 120 valence electrons. The van der Waals surface area contributed by atoms with E-state index < -0.39 is 0 Å². The molecule has 3 aromatic rings. The van der Waals surface area contributed by atoms with E-state index in [1.54, 1.807) is 0 Å². The van der Waals surface area contributed by atoms with Crippen LogP contribution in [0.3, 0.4) is 0 Å². The number of nitrogens with one attached hydrogen (secondary N) is 1. The minimum Gasteiger partial charge on any atom is -0.197 e. The van der Waals surface area contributed by atoms with E-state index in [1.165, 1.54) is 16.7 Å². The highest BCUT2D eigenvalue weighted by Gasteiger charge is 2.30. The zero-order chi connectivity index (χ0) is 16.7. The fourth-order valence-electron chi connectivity index (χ4n) is 3.79. The first-order chi connectivity index (χ1) is 10.8. The van der Waals surface area contributed by atoms with Crippen molar-refractivity contribution in [2.24, 2.45) is 5.41 Å². The third-order valence-electron chi connectivity index (χ3n) is 4.25. The molecule has 0 saturated heterocycles. The van der Waals surface area contributed by atoms with E-state index in [-0.39, 0.29) is 10.8 Å².